The molecule has 2 heterocycles. The molecule has 0 aliphatic heterocycles. The lowest BCUT2D eigenvalue weighted by atomic mass is 10.1. The van der Waals surface area contributed by atoms with Gasteiger partial charge < -0.3 is 19.6 Å². The SMILES string of the molecule is CCc1nncn1CCNC(=NCc1ccco1)NCCc1ccc(Cl)cc1Cl.I. The zero-order chi connectivity index (χ0) is 20.5. The molecule has 0 bridgehead atoms. The van der Waals surface area contributed by atoms with Crippen LogP contribution in [0, 0.1) is 0 Å². The molecule has 0 unspecified atom stereocenters. The molecule has 0 spiro atoms. The molecule has 10 heteroatoms. The molecule has 0 radical (unpaired) electrons. The van der Waals surface area contributed by atoms with Gasteiger partial charge in [-0.2, -0.15) is 0 Å². The number of furan rings is 1. The molecule has 0 fully saturated rings. The van der Waals surface area contributed by atoms with Gasteiger partial charge in [0.15, 0.2) is 5.96 Å². The first-order chi connectivity index (χ1) is 14.2. The molecule has 0 atom stereocenters. The summed E-state index contributed by atoms with van der Waals surface area (Å²) in [5.74, 6) is 2.47. The van der Waals surface area contributed by atoms with Crippen LogP contribution in [0.1, 0.15) is 24.1 Å². The molecule has 7 nitrogen and oxygen atoms in total. The van der Waals surface area contributed by atoms with Crippen LogP contribution in [-0.4, -0.2) is 33.8 Å². The first kappa shape index (κ1) is 24.5. The Hall–Kier alpha value is -1.78. The highest BCUT2D eigenvalue weighted by molar-refractivity contribution is 14.0. The van der Waals surface area contributed by atoms with Crippen molar-refractivity contribution in [1.29, 1.82) is 0 Å². The third kappa shape index (κ3) is 7.48. The molecule has 2 aromatic heterocycles. The number of aromatic nitrogens is 3. The Kier molecular flexibility index (Phi) is 10.5. The number of aliphatic imine (C=N–C) groups is 1. The molecule has 162 valence electrons. The fourth-order valence-corrected chi connectivity index (χ4v) is 3.31. The second-order valence-corrected chi connectivity index (χ2v) is 7.22. The summed E-state index contributed by atoms with van der Waals surface area (Å²) in [5, 5.41) is 16.1. The molecule has 3 aromatic rings. The van der Waals surface area contributed by atoms with E-state index in [1.165, 1.54) is 0 Å². The molecule has 2 N–H and O–H groups in total. The topological polar surface area (TPSA) is 80.3 Å². The smallest absolute Gasteiger partial charge is 0.191 e. The first-order valence-corrected chi connectivity index (χ1v) is 10.3. The second kappa shape index (κ2) is 12.8. The zero-order valence-corrected chi connectivity index (χ0v) is 20.5. The Morgan fingerprint density at radius 3 is 2.77 bits per heavy atom. The van der Waals surface area contributed by atoms with Crippen molar-refractivity contribution >= 4 is 53.1 Å². The molecule has 0 saturated heterocycles. The molecule has 0 saturated carbocycles. The van der Waals surface area contributed by atoms with E-state index in [4.69, 9.17) is 27.6 Å². The van der Waals surface area contributed by atoms with Gasteiger partial charge in [-0.15, -0.1) is 34.2 Å². The lowest BCUT2D eigenvalue weighted by molar-refractivity contribution is 0.511. The highest BCUT2D eigenvalue weighted by Gasteiger charge is 2.05. The normalized spacial score (nSPS) is 11.2. The van der Waals surface area contributed by atoms with Gasteiger partial charge in [0.25, 0.3) is 0 Å². The maximum absolute atomic E-state index is 6.26. The van der Waals surface area contributed by atoms with Crippen LogP contribution in [0.25, 0.3) is 0 Å². The van der Waals surface area contributed by atoms with Gasteiger partial charge in [-0.05, 0) is 36.2 Å². The van der Waals surface area contributed by atoms with E-state index in [9.17, 15) is 0 Å². The predicted molar refractivity (Wildman–Crippen MR) is 131 cm³/mol. The van der Waals surface area contributed by atoms with E-state index in [1.54, 1.807) is 18.7 Å². The fraction of sp³-hybridized carbons (Fsp3) is 0.350. The number of hydrogen-bond donors (Lipinski definition) is 2. The number of benzene rings is 1. The van der Waals surface area contributed by atoms with Crippen molar-refractivity contribution in [2.75, 3.05) is 13.1 Å². The minimum atomic E-state index is 0. The molecule has 0 amide bonds. The maximum atomic E-state index is 6.26. The summed E-state index contributed by atoms with van der Waals surface area (Å²) in [7, 11) is 0. The quantitative estimate of drug-likeness (QED) is 0.230. The van der Waals surface area contributed by atoms with Crippen molar-refractivity contribution in [3.05, 3.63) is 70.1 Å². The number of guanidine groups is 1. The lowest BCUT2D eigenvalue weighted by Crippen LogP contribution is -2.40. The number of nitrogens with zero attached hydrogens (tertiary/aromatic N) is 4. The van der Waals surface area contributed by atoms with Gasteiger partial charge in [0.1, 0.15) is 24.5 Å². The minimum Gasteiger partial charge on any atom is -0.467 e. The summed E-state index contributed by atoms with van der Waals surface area (Å²) in [6, 6.07) is 9.30. The van der Waals surface area contributed by atoms with Gasteiger partial charge in [0.05, 0.1) is 6.26 Å². The van der Waals surface area contributed by atoms with Crippen molar-refractivity contribution in [3.8, 4) is 0 Å². The number of rotatable bonds is 9. The number of halogens is 3. The Morgan fingerprint density at radius 1 is 1.20 bits per heavy atom. The van der Waals surface area contributed by atoms with Crippen LogP contribution >= 0.6 is 47.2 Å². The molecule has 3 rings (SSSR count). The van der Waals surface area contributed by atoms with Crippen LogP contribution in [0.4, 0.5) is 0 Å². The Labute approximate surface area is 203 Å². The van der Waals surface area contributed by atoms with Crippen molar-refractivity contribution in [1.82, 2.24) is 25.4 Å². The average Bonchev–Trinajstić information content (AvgIpc) is 3.38. The third-order valence-electron chi connectivity index (χ3n) is 4.33. The number of hydrogen-bond acceptors (Lipinski definition) is 4. The minimum absolute atomic E-state index is 0. The van der Waals surface area contributed by atoms with E-state index >= 15 is 0 Å². The number of aryl methyl sites for hydroxylation is 1. The van der Waals surface area contributed by atoms with Crippen LogP contribution in [0.3, 0.4) is 0 Å². The molecule has 30 heavy (non-hydrogen) atoms. The average molecular weight is 563 g/mol. The van der Waals surface area contributed by atoms with Gasteiger partial charge in [-0.1, -0.05) is 36.2 Å². The summed E-state index contributed by atoms with van der Waals surface area (Å²) in [6.45, 7) is 4.64. The number of nitrogens with one attached hydrogen (secondary N) is 2. The van der Waals surface area contributed by atoms with Gasteiger partial charge in [-0.25, -0.2) is 4.99 Å². The molecule has 0 aliphatic carbocycles. The predicted octanol–water partition coefficient (Wildman–Crippen LogP) is 4.34. The molecule has 1 aromatic carbocycles. The largest absolute Gasteiger partial charge is 0.467 e. The van der Waals surface area contributed by atoms with Gasteiger partial charge in [0, 0.05) is 36.1 Å². The standard InChI is InChI=1S/C20H24Cl2N6O.HI/c1-2-19-27-26-14-28(19)10-9-24-20(25-13-17-4-3-11-29-17)23-8-7-15-5-6-16(21)12-18(15)22;/h3-6,11-12,14H,2,7-10,13H2,1H3,(H2,23,24,25);1H. The zero-order valence-electron chi connectivity index (χ0n) is 16.6. The first-order valence-electron chi connectivity index (χ1n) is 9.51. The highest BCUT2D eigenvalue weighted by atomic mass is 127. The summed E-state index contributed by atoms with van der Waals surface area (Å²) < 4.78 is 7.40. The van der Waals surface area contributed by atoms with E-state index in [2.05, 4.69) is 32.7 Å². The Balaban J connectivity index is 0.00000320. The van der Waals surface area contributed by atoms with Crippen LogP contribution in [0.15, 0.2) is 52.3 Å². The van der Waals surface area contributed by atoms with E-state index in [1.807, 2.05) is 28.8 Å². The van der Waals surface area contributed by atoms with Gasteiger partial charge in [-0.3, -0.25) is 0 Å². The summed E-state index contributed by atoms with van der Waals surface area (Å²) in [6.07, 6.45) is 4.99. The third-order valence-corrected chi connectivity index (χ3v) is 4.92. The van der Waals surface area contributed by atoms with Crippen LogP contribution in [0.5, 0.6) is 0 Å². The summed E-state index contributed by atoms with van der Waals surface area (Å²) in [4.78, 5) is 4.60. The fourth-order valence-electron chi connectivity index (χ4n) is 2.81. The second-order valence-electron chi connectivity index (χ2n) is 6.38. The van der Waals surface area contributed by atoms with Gasteiger partial charge >= 0.3 is 0 Å². The van der Waals surface area contributed by atoms with Crippen molar-refractivity contribution in [3.63, 3.8) is 0 Å². The molecular weight excluding hydrogens is 538 g/mol. The molecular formula is C20H25Cl2IN6O. The molecule has 0 aliphatic rings. The lowest BCUT2D eigenvalue weighted by Gasteiger charge is -2.14. The van der Waals surface area contributed by atoms with E-state index in [0.717, 1.165) is 36.5 Å². The monoisotopic (exact) mass is 562 g/mol. The van der Waals surface area contributed by atoms with Crippen LogP contribution in [0.2, 0.25) is 10.0 Å². The maximum Gasteiger partial charge on any atom is 0.191 e. The van der Waals surface area contributed by atoms with E-state index < -0.39 is 0 Å². The van der Waals surface area contributed by atoms with E-state index in [-0.39, 0.29) is 24.0 Å². The summed E-state index contributed by atoms with van der Waals surface area (Å²) >= 11 is 12.2. The highest BCUT2D eigenvalue weighted by Crippen LogP contribution is 2.21. The van der Waals surface area contributed by atoms with Gasteiger partial charge in [0.2, 0.25) is 0 Å². The van der Waals surface area contributed by atoms with Crippen LogP contribution in [-0.2, 0) is 25.9 Å². The van der Waals surface area contributed by atoms with Crippen molar-refractivity contribution in [2.45, 2.75) is 32.9 Å². The Bertz CT molecular complexity index is 929. The van der Waals surface area contributed by atoms with Crippen molar-refractivity contribution in [2.24, 2.45) is 4.99 Å². The van der Waals surface area contributed by atoms with Crippen LogP contribution < -0.4 is 10.6 Å². The van der Waals surface area contributed by atoms with Crippen molar-refractivity contribution < 1.29 is 4.42 Å². The summed E-state index contributed by atoms with van der Waals surface area (Å²) in [5.41, 5.74) is 1.03. The van der Waals surface area contributed by atoms with E-state index in [0.29, 0.717) is 35.6 Å². The Morgan fingerprint density at radius 2 is 2.03 bits per heavy atom.